The molecule has 0 saturated carbocycles. The van der Waals surface area contributed by atoms with E-state index in [1.54, 1.807) is 0 Å². The molecule has 9 rings (SSSR count). The molecule has 0 fully saturated rings. The standard InChI is InChI=1S/C42H31OP.C12H10.ClH/c43-39-21-23-40(24-22-39)44(41-27-35(31-13-5-1-6-14-31)25-36(28-41)32-15-7-2-8-16-32)42-29-37(33-17-9-3-10-18-33)26-38(30-42)34-19-11-4-12-20-34;1-3-7-11(8-4-1)12-9-5-2-6-10-12;/h1-30,43H;1-10H;1H. The van der Waals surface area contributed by atoms with Gasteiger partial charge in [-0.3, -0.25) is 0 Å². The maximum Gasteiger partial charge on any atom is 0.115 e. The van der Waals surface area contributed by atoms with Gasteiger partial charge in [0.2, 0.25) is 0 Å². The van der Waals surface area contributed by atoms with Gasteiger partial charge >= 0.3 is 0 Å². The molecule has 0 bridgehead atoms. The van der Waals surface area contributed by atoms with Gasteiger partial charge in [-0.15, -0.1) is 0 Å². The van der Waals surface area contributed by atoms with Crippen LogP contribution in [0, 0.1) is 0 Å². The SMILES string of the molecule is Oc1ccc([PH+](c2cc(-c3ccccc3)cc(-c3ccccc3)c2)c2cc(-c3ccccc3)cc(-c3ccccc3)c2)cc1.[Cl-].c1ccc(-c2ccccc2)cc1. The summed E-state index contributed by atoms with van der Waals surface area (Å²) in [6, 6.07) is 85.3. The minimum absolute atomic E-state index is 0. The molecule has 0 aliphatic heterocycles. The molecule has 0 unspecified atom stereocenters. The summed E-state index contributed by atoms with van der Waals surface area (Å²) in [4.78, 5) is 0. The Hall–Kier alpha value is -6.50. The van der Waals surface area contributed by atoms with Crippen LogP contribution in [0.5, 0.6) is 5.75 Å². The van der Waals surface area contributed by atoms with Crippen LogP contribution >= 0.6 is 7.92 Å². The van der Waals surface area contributed by atoms with Crippen molar-refractivity contribution in [1.29, 1.82) is 0 Å². The molecule has 57 heavy (non-hydrogen) atoms. The second kappa shape index (κ2) is 18.9. The quantitative estimate of drug-likeness (QED) is 0.153. The highest BCUT2D eigenvalue weighted by molar-refractivity contribution is 7.79. The van der Waals surface area contributed by atoms with Crippen molar-refractivity contribution in [1.82, 2.24) is 0 Å². The van der Waals surface area contributed by atoms with Gasteiger partial charge in [-0.25, -0.2) is 0 Å². The molecule has 276 valence electrons. The van der Waals surface area contributed by atoms with Crippen LogP contribution in [-0.4, -0.2) is 5.11 Å². The van der Waals surface area contributed by atoms with E-state index < -0.39 is 7.92 Å². The summed E-state index contributed by atoms with van der Waals surface area (Å²) >= 11 is 0. The lowest BCUT2D eigenvalue weighted by molar-refractivity contribution is -0.0000116. The molecule has 0 aliphatic carbocycles. The topological polar surface area (TPSA) is 20.2 Å². The normalized spacial score (nSPS) is 10.5. The van der Waals surface area contributed by atoms with E-state index in [9.17, 15) is 5.11 Å². The predicted octanol–water partition coefficient (Wildman–Crippen LogP) is 9.91. The lowest BCUT2D eigenvalue weighted by Gasteiger charge is -2.17. The van der Waals surface area contributed by atoms with E-state index in [0.717, 1.165) is 0 Å². The molecule has 0 amide bonds. The third kappa shape index (κ3) is 9.66. The van der Waals surface area contributed by atoms with Gasteiger partial charge in [-0.05, 0) is 116 Å². The average Bonchev–Trinajstić information content (AvgIpc) is 3.29. The molecule has 1 nitrogen and oxygen atoms in total. The minimum Gasteiger partial charge on any atom is -1.00 e. The van der Waals surface area contributed by atoms with Gasteiger partial charge in [0.15, 0.2) is 0 Å². The van der Waals surface area contributed by atoms with Crippen LogP contribution in [0.15, 0.2) is 243 Å². The number of aromatic hydroxyl groups is 1. The number of hydrogen-bond acceptors (Lipinski definition) is 1. The molecular formula is C54H42ClOP. The Labute approximate surface area is 343 Å². The number of hydrogen-bond donors (Lipinski definition) is 1. The average molecular weight is 773 g/mol. The van der Waals surface area contributed by atoms with Gasteiger partial charge in [-0.2, -0.15) is 0 Å². The zero-order valence-electron chi connectivity index (χ0n) is 31.4. The van der Waals surface area contributed by atoms with E-state index in [4.69, 9.17) is 0 Å². The van der Waals surface area contributed by atoms with E-state index in [1.165, 1.54) is 71.5 Å². The highest BCUT2D eigenvalue weighted by Crippen LogP contribution is 2.40. The molecule has 0 aliphatic rings. The number of halogens is 1. The van der Waals surface area contributed by atoms with Crippen LogP contribution in [0.2, 0.25) is 0 Å². The molecule has 3 heteroatoms. The van der Waals surface area contributed by atoms with Crippen LogP contribution < -0.4 is 28.3 Å². The van der Waals surface area contributed by atoms with Gasteiger partial charge < -0.3 is 17.5 Å². The van der Waals surface area contributed by atoms with Crippen molar-refractivity contribution >= 4 is 23.8 Å². The molecule has 0 radical (unpaired) electrons. The minimum atomic E-state index is -1.52. The molecule has 9 aromatic rings. The van der Waals surface area contributed by atoms with Gasteiger partial charge in [0.05, 0.1) is 7.92 Å². The lowest BCUT2D eigenvalue weighted by atomic mass is 9.99. The molecule has 0 atom stereocenters. The van der Waals surface area contributed by atoms with Crippen molar-refractivity contribution in [2.45, 2.75) is 0 Å². The fourth-order valence-electron chi connectivity index (χ4n) is 7.12. The second-order valence-corrected chi connectivity index (χ2v) is 16.2. The summed E-state index contributed by atoms with van der Waals surface area (Å²) in [7, 11) is -1.52. The Morgan fingerprint density at radius 1 is 0.228 bits per heavy atom. The van der Waals surface area contributed by atoms with Gasteiger partial charge in [0.1, 0.15) is 21.7 Å². The summed E-state index contributed by atoms with van der Waals surface area (Å²) in [5.41, 5.74) is 12.1. The Morgan fingerprint density at radius 2 is 0.456 bits per heavy atom. The summed E-state index contributed by atoms with van der Waals surface area (Å²) in [6.07, 6.45) is 0. The molecule has 9 aromatic carbocycles. The van der Waals surface area contributed by atoms with Crippen molar-refractivity contribution in [3.63, 3.8) is 0 Å². The fourth-order valence-corrected chi connectivity index (χ4v) is 9.82. The fraction of sp³-hybridized carbons (Fsp3) is 0. The molecule has 0 saturated heterocycles. The number of phenols is 1. The Morgan fingerprint density at radius 3 is 0.702 bits per heavy atom. The summed E-state index contributed by atoms with van der Waals surface area (Å²) in [6.45, 7) is 0. The van der Waals surface area contributed by atoms with Gasteiger partial charge in [-0.1, -0.05) is 182 Å². The van der Waals surface area contributed by atoms with E-state index in [0.29, 0.717) is 0 Å². The predicted molar refractivity (Wildman–Crippen MR) is 242 cm³/mol. The van der Waals surface area contributed by atoms with Crippen LogP contribution in [0.25, 0.3) is 55.6 Å². The van der Waals surface area contributed by atoms with Crippen molar-refractivity contribution in [3.8, 4) is 61.4 Å². The van der Waals surface area contributed by atoms with Crippen molar-refractivity contribution < 1.29 is 17.5 Å². The highest BCUT2D eigenvalue weighted by Gasteiger charge is 2.28. The Balaban J connectivity index is 0.000000326. The van der Waals surface area contributed by atoms with Gasteiger partial charge in [0.25, 0.3) is 0 Å². The summed E-state index contributed by atoms with van der Waals surface area (Å²) in [5, 5.41) is 14.1. The molecule has 0 aromatic heterocycles. The van der Waals surface area contributed by atoms with E-state index in [2.05, 4.69) is 218 Å². The molecule has 0 heterocycles. The maximum absolute atomic E-state index is 10.3. The van der Waals surface area contributed by atoms with E-state index in [-0.39, 0.29) is 18.2 Å². The van der Waals surface area contributed by atoms with Crippen molar-refractivity contribution in [3.05, 3.63) is 243 Å². The smallest absolute Gasteiger partial charge is 0.115 e. The van der Waals surface area contributed by atoms with Crippen molar-refractivity contribution in [2.24, 2.45) is 0 Å². The maximum atomic E-state index is 10.3. The third-order valence-electron chi connectivity index (χ3n) is 9.91. The van der Waals surface area contributed by atoms with Gasteiger partial charge in [0, 0.05) is 0 Å². The van der Waals surface area contributed by atoms with E-state index >= 15 is 0 Å². The molecular weight excluding hydrogens is 731 g/mol. The highest BCUT2D eigenvalue weighted by atomic mass is 35.5. The first kappa shape index (κ1) is 38.8. The van der Waals surface area contributed by atoms with E-state index in [1.807, 2.05) is 24.3 Å². The molecule has 0 spiro atoms. The lowest BCUT2D eigenvalue weighted by Crippen LogP contribution is -3.00. The first-order chi connectivity index (χ1) is 27.7. The third-order valence-corrected chi connectivity index (χ3v) is 12.6. The Bertz CT molecular complexity index is 2320. The molecule has 1 N–H and O–H groups in total. The Kier molecular flexibility index (Phi) is 12.8. The zero-order chi connectivity index (χ0) is 37.9. The van der Waals surface area contributed by atoms with Crippen LogP contribution in [-0.2, 0) is 0 Å². The summed E-state index contributed by atoms with van der Waals surface area (Å²) < 4.78 is 0. The first-order valence-electron chi connectivity index (χ1n) is 19.0. The van der Waals surface area contributed by atoms with Crippen molar-refractivity contribution in [2.75, 3.05) is 0 Å². The largest absolute Gasteiger partial charge is 1.00 e. The monoisotopic (exact) mass is 772 g/mol. The first-order valence-corrected chi connectivity index (χ1v) is 20.5. The number of rotatable bonds is 8. The van der Waals surface area contributed by atoms with Crippen LogP contribution in [0.3, 0.4) is 0 Å². The van der Waals surface area contributed by atoms with Crippen LogP contribution in [0.1, 0.15) is 0 Å². The van der Waals surface area contributed by atoms with Crippen LogP contribution in [0.4, 0.5) is 0 Å². The zero-order valence-corrected chi connectivity index (χ0v) is 33.2. The number of benzene rings is 9. The summed E-state index contributed by atoms with van der Waals surface area (Å²) in [5.74, 6) is 0.279. The second-order valence-electron chi connectivity index (χ2n) is 13.7. The number of phenolic OH excluding ortho intramolecular Hbond substituents is 1.